The predicted octanol–water partition coefficient (Wildman–Crippen LogP) is 1.70. The van der Waals surface area contributed by atoms with Crippen LogP contribution in [-0.4, -0.2) is 44.6 Å². The van der Waals surface area contributed by atoms with Crippen LogP contribution in [0.1, 0.15) is 24.5 Å². The lowest BCUT2D eigenvalue weighted by atomic mass is 10.1. The smallest absolute Gasteiger partial charge is 0.211 e. The highest BCUT2D eigenvalue weighted by molar-refractivity contribution is 7.88. The highest BCUT2D eigenvalue weighted by atomic mass is 32.2. The third-order valence-electron chi connectivity index (χ3n) is 3.16. The van der Waals surface area contributed by atoms with Crippen LogP contribution in [0.25, 0.3) is 0 Å². The van der Waals surface area contributed by atoms with Gasteiger partial charge < -0.3 is 11.1 Å². The average molecular weight is 326 g/mol. The van der Waals surface area contributed by atoms with Crippen molar-refractivity contribution in [2.75, 3.05) is 31.2 Å². The van der Waals surface area contributed by atoms with Gasteiger partial charge in [0.05, 0.1) is 6.26 Å². The monoisotopic (exact) mass is 326 g/mol. The van der Waals surface area contributed by atoms with Crippen molar-refractivity contribution >= 4 is 21.7 Å². The van der Waals surface area contributed by atoms with E-state index < -0.39 is 10.0 Å². The summed E-state index contributed by atoms with van der Waals surface area (Å²) in [7, 11) is -3.14. The first-order valence-electron chi connectivity index (χ1n) is 7.32. The number of guanidine groups is 1. The molecular formula is C15H26N4O2S. The second-order valence-corrected chi connectivity index (χ2v) is 7.36. The zero-order valence-electron chi connectivity index (χ0n) is 13.8. The molecule has 0 fully saturated rings. The van der Waals surface area contributed by atoms with Crippen LogP contribution in [0, 0.1) is 13.8 Å². The largest absolute Gasteiger partial charge is 0.370 e. The molecule has 1 rings (SSSR count). The van der Waals surface area contributed by atoms with Gasteiger partial charge >= 0.3 is 0 Å². The summed E-state index contributed by atoms with van der Waals surface area (Å²) in [5, 5.41) is 3.05. The lowest BCUT2D eigenvalue weighted by molar-refractivity contribution is 0.427. The molecule has 0 radical (unpaired) electrons. The second kappa shape index (κ2) is 8.14. The number of hydrogen-bond acceptors (Lipinski definition) is 3. The molecule has 0 aliphatic carbocycles. The summed E-state index contributed by atoms with van der Waals surface area (Å²) in [6, 6.07) is 6.08. The third kappa shape index (κ3) is 6.44. The minimum absolute atomic E-state index is 0.340. The Kier molecular flexibility index (Phi) is 6.83. The Morgan fingerprint density at radius 2 is 1.86 bits per heavy atom. The Morgan fingerprint density at radius 1 is 1.27 bits per heavy atom. The van der Waals surface area contributed by atoms with Gasteiger partial charge in [-0.1, -0.05) is 13.0 Å². The van der Waals surface area contributed by atoms with Gasteiger partial charge in [-0.25, -0.2) is 12.7 Å². The summed E-state index contributed by atoms with van der Waals surface area (Å²) in [5.74, 6) is 0.340. The number of nitrogens with zero attached hydrogens (tertiary/aromatic N) is 2. The molecule has 0 aliphatic heterocycles. The van der Waals surface area contributed by atoms with Crippen LogP contribution in [0.3, 0.4) is 0 Å². The Hall–Kier alpha value is -1.60. The molecule has 0 unspecified atom stereocenters. The van der Waals surface area contributed by atoms with Gasteiger partial charge in [0, 0.05) is 25.3 Å². The minimum atomic E-state index is -3.14. The Balaban J connectivity index is 2.49. The van der Waals surface area contributed by atoms with Gasteiger partial charge in [-0.2, -0.15) is 0 Å². The molecule has 0 amide bonds. The number of rotatable bonds is 7. The SMILES string of the molecule is CCN(CCCN=C(N)Nc1cc(C)cc(C)c1)S(C)(=O)=O. The molecule has 0 saturated carbocycles. The van der Waals surface area contributed by atoms with E-state index in [2.05, 4.69) is 16.4 Å². The molecule has 0 saturated heterocycles. The molecule has 0 atom stereocenters. The molecule has 1 aromatic rings. The normalized spacial score (nSPS) is 12.7. The fraction of sp³-hybridized carbons (Fsp3) is 0.533. The highest BCUT2D eigenvalue weighted by Crippen LogP contribution is 2.13. The molecule has 0 heterocycles. The summed E-state index contributed by atoms with van der Waals surface area (Å²) in [6.07, 6.45) is 1.85. The fourth-order valence-corrected chi connectivity index (χ4v) is 3.17. The first kappa shape index (κ1) is 18.4. The third-order valence-corrected chi connectivity index (χ3v) is 4.54. The van der Waals surface area contributed by atoms with Crippen LogP contribution >= 0.6 is 0 Å². The van der Waals surface area contributed by atoms with E-state index in [-0.39, 0.29) is 0 Å². The van der Waals surface area contributed by atoms with Gasteiger partial charge in [0.1, 0.15) is 0 Å². The quantitative estimate of drug-likeness (QED) is 0.453. The minimum Gasteiger partial charge on any atom is -0.370 e. The Morgan fingerprint density at radius 3 is 2.36 bits per heavy atom. The summed E-state index contributed by atoms with van der Waals surface area (Å²) in [4.78, 5) is 4.23. The van der Waals surface area contributed by atoms with E-state index in [1.54, 1.807) is 0 Å². The predicted molar refractivity (Wildman–Crippen MR) is 92.7 cm³/mol. The van der Waals surface area contributed by atoms with Crippen LogP contribution in [0.5, 0.6) is 0 Å². The van der Waals surface area contributed by atoms with Gasteiger partial charge in [0.2, 0.25) is 10.0 Å². The molecule has 0 spiro atoms. The van der Waals surface area contributed by atoms with E-state index in [0.717, 1.165) is 16.8 Å². The fourth-order valence-electron chi connectivity index (χ4n) is 2.24. The lowest BCUT2D eigenvalue weighted by Crippen LogP contribution is -2.31. The molecule has 124 valence electrons. The van der Waals surface area contributed by atoms with Gasteiger partial charge in [0.15, 0.2) is 5.96 Å². The topological polar surface area (TPSA) is 87.8 Å². The maximum Gasteiger partial charge on any atom is 0.211 e. The van der Waals surface area contributed by atoms with E-state index in [1.807, 2.05) is 32.9 Å². The van der Waals surface area contributed by atoms with Crippen molar-refractivity contribution in [1.82, 2.24) is 4.31 Å². The maximum absolute atomic E-state index is 11.4. The number of aryl methyl sites for hydroxylation is 2. The van der Waals surface area contributed by atoms with Gasteiger partial charge in [0.25, 0.3) is 0 Å². The molecule has 6 nitrogen and oxygen atoms in total. The number of sulfonamides is 1. The van der Waals surface area contributed by atoms with Crippen molar-refractivity contribution in [2.45, 2.75) is 27.2 Å². The number of nitrogens with two attached hydrogens (primary N) is 1. The zero-order chi connectivity index (χ0) is 16.8. The number of nitrogens with one attached hydrogen (secondary N) is 1. The van der Waals surface area contributed by atoms with Gasteiger partial charge in [-0.3, -0.25) is 4.99 Å². The van der Waals surface area contributed by atoms with E-state index in [9.17, 15) is 8.42 Å². The first-order chi connectivity index (χ1) is 10.2. The van der Waals surface area contributed by atoms with Crippen molar-refractivity contribution in [2.24, 2.45) is 10.7 Å². The van der Waals surface area contributed by atoms with Crippen molar-refractivity contribution in [1.29, 1.82) is 0 Å². The summed E-state index contributed by atoms with van der Waals surface area (Å²) in [6.45, 7) is 7.27. The maximum atomic E-state index is 11.4. The zero-order valence-corrected chi connectivity index (χ0v) is 14.6. The summed E-state index contributed by atoms with van der Waals surface area (Å²) >= 11 is 0. The first-order valence-corrected chi connectivity index (χ1v) is 9.17. The van der Waals surface area contributed by atoms with Gasteiger partial charge in [-0.05, 0) is 43.5 Å². The van der Waals surface area contributed by atoms with Crippen LogP contribution < -0.4 is 11.1 Å². The van der Waals surface area contributed by atoms with Crippen LogP contribution in [0.2, 0.25) is 0 Å². The molecule has 3 N–H and O–H groups in total. The van der Waals surface area contributed by atoms with E-state index in [1.165, 1.54) is 10.6 Å². The number of benzene rings is 1. The molecular weight excluding hydrogens is 300 g/mol. The lowest BCUT2D eigenvalue weighted by Gasteiger charge is -2.16. The van der Waals surface area contributed by atoms with Crippen molar-refractivity contribution in [3.8, 4) is 0 Å². The molecule has 0 bridgehead atoms. The van der Waals surface area contributed by atoms with Crippen LogP contribution in [0.15, 0.2) is 23.2 Å². The Labute approximate surface area is 133 Å². The molecule has 0 aromatic heterocycles. The summed E-state index contributed by atoms with van der Waals surface area (Å²) in [5.41, 5.74) is 9.06. The van der Waals surface area contributed by atoms with Crippen LogP contribution in [0.4, 0.5) is 5.69 Å². The number of aliphatic imine (C=N–C) groups is 1. The average Bonchev–Trinajstić information content (AvgIpc) is 2.35. The van der Waals surface area contributed by atoms with Crippen molar-refractivity contribution < 1.29 is 8.42 Å². The number of anilines is 1. The van der Waals surface area contributed by atoms with E-state index in [0.29, 0.717) is 32.0 Å². The highest BCUT2D eigenvalue weighted by Gasteiger charge is 2.12. The molecule has 22 heavy (non-hydrogen) atoms. The van der Waals surface area contributed by atoms with Crippen LogP contribution in [-0.2, 0) is 10.0 Å². The standard InChI is InChI=1S/C15H26N4O2S/c1-5-19(22(4,20)21)8-6-7-17-15(16)18-14-10-12(2)9-13(3)11-14/h9-11H,5-8H2,1-4H3,(H3,16,17,18). The molecule has 7 heteroatoms. The second-order valence-electron chi connectivity index (χ2n) is 5.38. The Bertz CT molecular complexity index is 606. The van der Waals surface area contributed by atoms with Crippen molar-refractivity contribution in [3.63, 3.8) is 0 Å². The van der Waals surface area contributed by atoms with E-state index in [4.69, 9.17) is 5.73 Å². The van der Waals surface area contributed by atoms with E-state index >= 15 is 0 Å². The van der Waals surface area contributed by atoms with Gasteiger partial charge in [-0.15, -0.1) is 0 Å². The molecule has 1 aromatic carbocycles. The summed E-state index contributed by atoms with van der Waals surface area (Å²) < 4.78 is 24.3. The number of hydrogen-bond donors (Lipinski definition) is 2. The van der Waals surface area contributed by atoms with Crippen molar-refractivity contribution in [3.05, 3.63) is 29.3 Å². The molecule has 0 aliphatic rings.